The molecule has 43 heavy (non-hydrogen) atoms. The monoisotopic (exact) mass is 607 g/mol. The molecule has 0 amide bonds. The number of fused-ring (bicyclic) bond motifs is 1. The van der Waals surface area contributed by atoms with E-state index < -0.39 is 15.1 Å². The molecule has 232 valence electrons. The van der Waals surface area contributed by atoms with Crippen molar-refractivity contribution in [2.24, 2.45) is 0 Å². The summed E-state index contributed by atoms with van der Waals surface area (Å²) >= 11 is 0. The van der Waals surface area contributed by atoms with E-state index in [-0.39, 0.29) is 11.0 Å². The largest absolute Gasteiger partial charge is 0.489 e. The Hall–Kier alpha value is -3.57. The molecule has 3 N–H and O–H groups in total. The molecule has 0 saturated carbocycles. The number of ether oxygens (including phenoxy) is 1. The van der Waals surface area contributed by atoms with Gasteiger partial charge in [0.05, 0.1) is 27.6 Å². The summed E-state index contributed by atoms with van der Waals surface area (Å²) in [7, 11) is 0.811. The highest BCUT2D eigenvalue weighted by atomic mass is 32.2. The van der Waals surface area contributed by atoms with Crippen molar-refractivity contribution in [1.82, 2.24) is 14.9 Å². The molecule has 2 aliphatic heterocycles. The highest BCUT2D eigenvalue weighted by Crippen LogP contribution is 2.38. The van der Waals surface area contributed by atoms with Crippen molar-refractivity contribution in [3.8, 4) is 5.75 Å². The van der Waals surface area contributed by atoms with E-state index in [1.807, 2.05) is 19.9 Å². The first-order valence-electron chi connectivity index (χ1n) is 15.2. The van der Waals surface area contributed by atoms with Gasteiger partial charge >= 0.3 is 0 Å². The van der Waals surface area contributed by atoms with Gasteiger partial charge in [0.25, 0.3) is 0 Å². The van der Waals surface area contributed by atoms with Gasteiger partial charge in [-0.05, 0) is 91.7 Å². The summed E-state index contributed by atoms with van der Waals surface area (Å²) in [4.78, 5) is 14.7. The average molecular weight is 608 g/mol. The number of rotatable bonds is 10. The topological polar surface area (TPSA) is 112 Å². The zero-order valence-electron chi connectivity index (χ0n) is 26.4. The van der Waals surface area contributed by atoms with Crippen LogP contribution in [-0.2, 0) is 16.3 Å². The third-order valence-electron chi connectivity index (χ3n) is 8.18. The normalized spacial score (nSPS) is 15.6. The second kappa shape index (κ2) is 12.6. The van der Waals surface area contributed by atoms with Gasteiger partial charge < -0.3 is 30.5 Å². The predicted octanol–water partition coefficient (Wildman–Crippen LogP) is 5.74. The van der Waals surface area contributed by atoms with Gasteiger partial charge in [0.15, 0.2) is 9.84 Å². The molecule has 11 heteroatoms. The van der Waals surface area contributed by atoms with E-state index in [0.717, 1.165) is 67.3 Å². The number of anilines is 6. The molecule has 1 aromatic heterocycles. The smallest absolute Gasteiger partial charge is 0.231 e. The molecule has 5 rings (SSSR count). The van der Waals surface area contributed by atoms with Crippen molar-refractivity contribution in [3.63, 3.8) is 0 Å². The third-order valence-corrected chi connectivity index (χ3v) is 10.4. The lowest BCUT2D eigenvalue weighted by Crippen LogP contribution is -2.42. The van der Waals surface area contributed by atoms with Crippen LogP contribution < -0.4 is 25.6 Å². The van der Waals surface area contributed by atoms with Crippen LogP contribution in [0, 0.1) is 6.92 Å². The number of benzene rings is 2. The lowest BCUT2D eigenvalue weighted by Gasteiger charge is -2.37. The maximum absolute atomic E-state index is 13.1. The Bertz CT molecular complexity index is 1570. The number of para-hydroxylation sites is 1. The summed E-state index contributed by atoms with van der Waals surface area (Å²) in [6.45, 7) is 12.3. The molecule has 2 aliphatic rings. The fourth-order valence-electron chi connectivity index (χ4n) is 5.74. The summed E-state index contributed by atoms with van der Waals surface area (Å²) in [5.41, 5.74) is 4.53. The fraction of sp³-hybridized carbons (Fsp3) is 0.500. The molecule has 0 radical (unpaired) electrons. The van der Waals surface area contributed by atoms with Crippen LogP contribution >= 0.6 is 0 Å². The standard InChI is InChI=1S/C32H45N7O3S/c1-20(2)42-28-19-27(39-16-13-23(14-17-39)38(6)7)22(5)18-26(28)35-32-36-30-24(12-15-33-30)31(37-32)34-25-10-8-9-11-29(25)43(40,41)21(3)4/h8-11,18-21,23H,12-17H2,1-7H3,(H3,33,34,35,36,37). The molecule has 3 heterocycles. The van der Waals surface area contributed by atoms with Crippen molar-refractivity contribution in [2.45, 2.75) is 76.2 Å². The first kappa shape index (κ1) is 30.9. The number of nitrogens with one attached hydrogen (secondary N) is 3. The van der Waals surface area contributed by atoms with Gasteiger partial charge in [0.1, 0.15) is 17.4 Å². The minimum atomic E-state index is -3.50. The van der Waals surface area contributed by atoms with Gasteiger partial charge in [-0.1, -0.05) is 12.1 Å². The number of aromatic nitrogens is 2. The van der Waals surface area contributed by atoms with E-state index >= 15 is 0 Å². The number of piperidine rings is 1. The molecule has 0 spiro atoms. The molecule has 1 fully saturated rings. The predicted molar refractivity (Wildman–Crippen MR) is 175 cm³/mol. The first-order valence-corrected chi connectivity index (χ1v) is 16.7. The second-order valence-electron chi connectivity index (χ2n) is 12.2. The Morgan fingerprint density at radius 3 is 2.42 bits per heavy atom. The zero-order chi connectivity index (χ0) is 30.9. The summed E-state index contributed by atoms with van der Waals surface area (Å²) in [6, 6.07) is 11.8. The maximum Gasteiger partial charge on any atom is 0.231 e. The minimum Gasteiger partial charge on any atom is -0.489 e. The van der Waals surface area contributed by atoms with E-state index in [9.17, 15) is 8.42 Å². The van der Waals surface area contributed by atoms with Crippen molar-refractivity contribution < 1.29 is 13.2 Å². The minimum absolute atomic E-state index is 0.0187. The number of nitrogens with zero attached hydrogens (tertiary/aromatic N) is 4. The van der Waals surface area contributed by atoms with Gasteiger partial charge in [0, 0.05) is 43.0 Å². The maximum atomic E-state index is 13.1. The van der Waals surface area contributed by atoms with Crippen LogP contribution in [0.5, 0.6) is 5.75 Å². The van der Waals surface area contributed by atoms with Crippen LogP contribution in [0.3, 0.4) is 0 Å². The molecule has 0 bridgehead atoms. The number of sulfone groups is 1. The fourth-order valence-corrected chi connectivity index (χ4v) is 6.94. The van der Waals surface area contributed by atoms with Gasteiger partial charge in [-0.3, -0.25) is 0 Å². The van der Waals surface area contributed by atoms with Crippen LogP contribution in [0.2, 0.25) is 0 Å². The molecule has 3 aromatic rings. The van der Waals surface area contributed by atoms with E-state index in [4.69, 9.17) is 14.7 Å². The second-order valence-corrected chi connectivity index (χ2v) is 14.7. The Kier molecular flexibility index (Phi) is 9.03. The van der Waals surface area contributed by atoms with Crippen LogP contribution in [-0.4, -0.2) is 74.4 Å². The Morgan fingerprint density at radius 2 is 1.74 bits per heavy atom. The highest BCUT2D eigenvalue weighted by molar-refractivity contribution is 7.92. The Balaban J connectivity index is 1.48. The number of hydrogen-bond acceptors (Lipinski definition) is 10. The molecule has 1 saturated heterocycles. The average Bonchev–Trinajstić information content (AvgIpc) is 3.43. The summed E-state index contributed by atoms with van der Waals surface area (Å²) < 4.78 is 32.5. The van der Waals surface area contributed by atoms with E-state index in [1.165, 1.54) is 5.69 Å². The van der Waals surface area contributed by atoms with Crippen LogP contribution in [0.25, 0.3) is 0 Å². The molecule has 0 unspecified atom stereocenters. The zero-order valence-corrected chi connectivity index (χ0v) is 27.2. The third kappa shape index (κ3) is 6.67. The molecular weight excluding hydrogens is 562 g/mol. The van der Waals surface area contributed by atoms with Gasteiger partial charge in [-0.25, -0.2) is 8.42 Å². The van der Waals surface area contributed by atoms with Crippen molar-refractivity contribution in [1.29, 1.82) is 0 Å². The number of aryl methyl sites for hydroxylation is 1. The first-order chi connectivity index (χ1) is 20.4. The Labute approximate surface area is 256 Å². The highest BCUT2D eigenvalue weighted by Gasteiger charge is 2.26. The van der Waals surface area contributed by atoms with Crippen molar-refractivity contribution in [2.75, 3.05) is 54.6 Å². The van der Waals surface area contributed by atoms with Gasteiger partial charge in [-0.2, -0.15) is 9.97 Å². The molecular formula is C32H45N7O3S. The van der Waals surface area contributed by atoms with Crippen molar-refractivity contribution in [3.05, 3.63) is 47.5 Å². The van der Waals surface area contributed by atoms with Crippen LogP contribution in [0.15, 0.2) is 41.3 Å². The quantitative estimate of drug-likeness (QED) is 0.264. The van der Waals surface area contributed by atoms with Gasteiger partial charge in [-0.15, -0.1) is 0 Å². The van der Waals surface area contributed by atoms with Crippen molar-refractivity contribution >= 4 is 44.5 Å². The SMILES string of the molecule is Cc1cc(Nc2nc3c(c(Nc4ccccc4S(=O)(=O)C(C)C)n2)CCN3)c(OC(C)C)cc1N1CCC(N(C)C)CC1. The lowest BCUT2D eigenvalue weighted by molar-refractivity contribution is 0.242. The molecule has 0 aliphatic carbocycles. The lowest BCUT2D eigenvalue weighted by atomic mass is 10.0. The van der Waals surface area contributed by atoms with Gasteiger partial charge in [0.2, 0.25) is 5.95 Å². The summed E-state index contributed by atoms with van der Waals surface area (Å²) in [5, 5.41) is 9.55. The van der Waals surface area contributed by atoms with Crippen LogP contribution in [0.4, 0.5) is 34.6 Å². The Morgan fingerprint density at radius 1 is 1.02 bits per heavy atom. The van der Waals surface area contributed by atoms with E-state index in [2.05, 4.69) is 58.9 Å². The summed E-state index contributed by atoms with van der Waals surface area (Å²) in [6.07, 6.45) is 2.96. The molecule has 0 atom stereocenters. The molecule has 2 aromatic carbocycles. The summed E-state index contributed by atoms with van der Waals surface area (Å²) in [5.74, 6) is 2.44. The molecule has 10 nitrogen and oxygen atoms in total. The van der Waals surface area contributed by atoms with E-state index in [0.29, 0.717) is 23.5 Å². The number of hydrogen-bond donors (Lipinski definition) is 3. The van der Waals surface area contributed by atoms with E-state index in [1.54, 1.807) is 32.0 Å². The van der Waals surface area contributed by atoms with Crippen LogP contribution in [0.1, 0.15) is 51.7 Å².